The molecule has 6 bridgehead atoms. The number of fused-ring (bicyclic) bond motifs is 9. The van der Waals surface area contributed by atoms with Crippen molar-refractivity contribution in [2.45, 2.75) is 44.9 Å². The van der Waals surface area contributed by atoms with Gasteiger partial charge in [-0.3, -0.25) is 0 Å². The number of rotatable bonds is 2. The molecule has 234 valence electrons. The highest BCUT2D eigenvalue weighted by molar-refractivity contribution is 5.92. The predicted molar refractivity (Wildman–Crippen MR) is 169 cm³/mol. The van der Waals surface area contributed by atoms with E-state index in [2.05, 4.69) is 46.2 Å². The molecule has 2 aliphatic heterocycles. The quantitative estimate of drug-likeness (QED) is 0.288. The number of tetrazole rings is 1. The molecule has 1 unspecified atom stereocenters. The van der Waals surface area contributed by atoms with E-state index in [9.17, 15) is 8.78 Å². The molecular weight excluding hydrogens is 604 g/mol. The van der Waals surface area contributed by atoms with Crippen LogP contribution in [0, 0.1) is 18.6 Å². The minimum absolute atomic E-state index is 0.0548. The van der Waals surface area contributed by atoms with Gasteiger partial charge >= 0.3 is 0 Å². The minimum Gasteiger partial charge on any atom is -0.365 e. The molecule has 15 heteroatoms. The Hall–Kier alpha value is -5.86. The second-order valence-corrected chi connectivity index (χ2v) is 11.8. The maximum atomic E-state index is 14.8. The lowest BCUT2D eigenvalue weighted by atomic mass is 10.1. The van der Waals surface area contributed by atoms with E-state index in [0.29, 0.717) is 42.2 Å². The Balaban J connectivity index is 1.13. The number of pyridine rings is 1. The Bertz CT molecular complexity index is 2310. The van der Waals surface area contributed by atoms with Crippen molar-refractivity contribution in [3.05, 3.63) is 90.4 Å². The molecule has 1 saturated heterocycles. The van der Waals surface area contributed by atoms with Crippen LogP contribution in [-0.4, -0.2) is 67.1 Å². The maximum absolute atomic E-state index is 14.8. The second kappa shape index (κ2) is 10.6. The summed E-state index contributed by atoms with van der Waals surface area (Å²) in [6.45, 7) is 3.86. The van der Waals surface area contributed by atoms with E-state index in [4.69, 9.17) is 15.1 Å². The molecule has 5 aromatic heterocycles. The molecule has 47 heavy (non-hydrogen) atoms. The van der Waals surface area contributed by atoms with Crippen LogP contribution in [0.15, 0.2) is 67.1 Å². The molecule has 1 fully saturated rings. The number of hydrogen-bond acceptors (Lipinski definition) is 10. The summed E-state index contributed by atoms with van der Waals surface area (Å²) < 4.78 is 32.0. The lowest BCUT2D eigenvalue weighted by molar-refractivity contribution is 0.468. The number of aryl methyl sites for hydroxylation is 3. The molecule has 2 aliphatic rings. The van der Waals surface area contributed by atoms with E-state index in [1.165, 1.54) is 23.1 Å². The number of halogens is 2. The van der Waals surface area contributed by atoms with Crippen LogP contribution in [0.3, 0.4) is 0 Å². The van der Waals surface area contributed by atoms with Gasteiger partial charge in [0.25, 0.3) is 0 Å². The van der Waals surface area contributed by atoms with Crippen LogP contribution < -0.4 is 10.2 Å². The smallest absolute Gasteiger partial charge is 0.197 e. The molecule has 0 aliphatic carbocycles. The number of imidazole rings is 1. The van der Waals surface area contributed by atoms with Crippen LogP contribution in [0.25, 0.3) is 39.0 Å². The lowest BCUT2D eigenvalue weighted by Crippen LogP contribution is -2.28. The zero-order valence-electron chi connectivity index (χ0n) is 25.2. The van der Waals surface area contributed by atoms with Crippen LogP contribution in [0.2, 0.25) is 0 Å². The van der Waals surface area contributed by atoms with Gasteiger partial charge in [-0.1, -0.05) is 18.2 Å². The number of anilines is 2. The molecule has 2 atom stereocenters. The van der Waals surface area contributed by atoms with Gasteiger partial charge in [-0.2, -0.15) is 9.90 Å². The Kier molecular flexibility index (Phi) is 6.20. The summed E-state index contributed by atoms with van der Waals surface area (Å²) in [5.41, 5.74) is 4.33. The van der Waals surface area contributed by atoms with E-state index < -0.39 is 11.6 Å². The molecule has 0 amide bonds. The number of hydrogen-bond donors (Lipinski definition) is 1. The molecular formula is C32H27F2N13. The lowest BCUT2D eigenvalue weighted by Gasteiger charge is -2.23. The predicted octanol–water partition coefficient (Wildman–Crippen LogP) is 4.64. The maximum Gasteiger partial charge on any atom is 0.197 e. The third kappa shape index (κ3) is 4.56. The first-order chi connectivity index (χ1) is 23.0. The first-order valence-corrected chi connectivity index (χ1v) is 15.4. The fraction of sp³-hybridized carbons (Fsp3) is 0.250. The number of para-hydroxylation sites is 1. The van der Waals surface area contributed by atoms with Gasteiger partial charge in [0.2, 0.25) is 0 Å². The second-order valence-electron chi connectivity index (χ2n) is 11.8. The third-order valence-corrected chi connectivity index (χ3v) is 8.90. The van der Waals surface area contributed by atoms with Crippen molar-refractivity contribution in [3.63, 3.8) is 0 Å². The van der Waals surface area contributed by atoms with Crippen molar-refractivity contribution in [2.75, 3.05) is 16.8 Å². The Labute approximate surface area is 265 Å². The summed E-state index contributed by atoms with van der Waals surface area (Å²) in [5.74, 6) is 1.43. The molecule has 7 aromatic rings. The van der Waals surface area contributed by atoms with E-state index >= 15 is 0 Å². The van der Waals surface area contributed by atoms with Gasteiger partial charge in [-0.05, 0) is 55.3 Å². The molecule has 13 nitrogen and oxygen atoms in total. The van der Waals surface area contributed by atoms with E-state index in [-0.39, 0.29) is 17.8 Å². The van der Waals surface area contributed by atoms with Gasteiger partial charge in [0.15, 0.2) is 17.3 Å². The van der Waals surface area contributed by atoms with Crippen LogP contribution in [0.4, 0.5) is 20.4 Å². The Morgan fingerprint density at radius 1 is 0.979 bits per heavy atom. The topological polar surface area (TPSA) is 133 Å². The molecule has 0 radical (unpaired) electrons. The average Bonchev–Trinajstić information content (AvgIpc) is 3.86. The van der Waals surface area contributed by atoms with Gasteiger partial charge in [-0.25, -0.2) is 33.4 Å². The molecule has 9 rings (SSSR count). The zero-order chi connectivity index (χ0) is 31.6. The highest BCUT2D eigenvalue weighted by Gasteiger charge is 2.38. The SMILES string of the molecule is Cc1nc2cccc3c2n1CCCn1nnc(n1)C1C[C@@H](CN1c1ncnc2c1cnn2-c1ccc(F)cc1F)Nc1cccc-3n1. The normalized spacial score (nSPS) is 17.8. The van der Waals surface area contributed by atoms with E-state index in [1.54, 1.807) is 11.0 Å². The first kappa shape index (κ1) is 27.5. The van der Waals surface area contributed by atoms with Gasteiger partial charge in [0, 0.05) is 30.8 Å². The largest absolute Gasteiger partial charge is 0.365 e. The van der Waals surface area contributed by atoms with E-state index in [1.807, 2.05) is 37.3 Å². The zero-order valence-corrected chi connectivity index (χ0v) is 25.2. The number of nitrogens with zero attached hydrogens (tertiary/aromatic N) is 12. The van der Waals surface area contributed by atoms with Gasteiger partial charge < -0.3 is 14.8 Å². The molecule has 7 heterocycles. The first-order valence-electron chi connectivity index (χ1n) is 15.4. The van der Waals surface area contributed by atoms with Gasteiger partial charge in [0.1, 0.15) is 35.3 Å². The standard InChI is InChI=1S/C32H27F2N13/c1-18-38-25-7-2-5-21-24-6-3-8-28(40-24)39-20-14-27(30-41-43-46(42-30)12-4-11-44(18)29(21)25)45(16-20)31-22-15-37-47(32(22)36-17-35-31)26-10-9-19(33)13-23(26)34/h2-3,5-10,13,15,17,20,27H,4,11-12,14,16H2,1H3,(H,39,40)/t20-,27?/m0/s1. The van der Waals surface area contributed by atoms with Gasteiger partial charge in [0.05, 0.1) is 40.9 Å². The average molecular weight is 632 g/mol. The highest BCUT2D eigenvalue weighted by Crippen LogP contribution is 2.38. The minimum atomic E-state index is -0.742. The Morgan fingerprint density at radius 3 is 2.81 bits per heavy atom. The fourth-order valence-electron chi connectivity index (χ4n) is 6.82. The summed E-state index contributed by atoms with van der Waals surface area (Å²) in [4.78, 5) is 22.7. The number of nitrogens with one attached hydrogen (secondary N) is 1. The highest BCUT2D eigenvalue weighted by atomic mass is 19.1. The van der Waals surface area contributed by atoms with Crippen molar-refractivity contribution in [1.29, 1.82) is 0 Å². The van der Waals surface area contributed by atoms with Crippen molar-refractivity contribution >= 4 is 33.7 Å². The van der Waals surface area contributed by atoms with Crippen LogP contribution in [-0.2, 0) is 13.1 Å². The van der Waals surface area contributed by atoms with Crippen molar-refractivity contribution < 1.29 is 8.78 Å². The summed E-state index contributed by atoms with van der Waals surface area (Å²) in [7, 11) is 0. The summed E-state index contributed by atoms with van der Waals surface area (Å²) in [6, 6.07) is 15.2. The summed E-state index contributed by atoms with van der Waals surface area (Å²) >= 11 is 0. The van der Waals surface area contributed by atoms with Crippen molar-refractivity contribution in [2.24, 2.45) is 0 Å². The van der Waals surface area contributed by atoms with Crippen LogP contribution in [0.1, 0.15) is 30.5 Å². The number of benzene rings is 2. The molecule has 0 spiro atoms. The Morgan fingerprint density at radius 2 is 1.89 bits per heavy atom. The molecule has 0 saturated carbocycles. The van der Waals surface area contributed by atoms with Crippen molar-refractivity contribution in [3.8, 4) is 16.9 Å². The monoisotopic (exact) mass is 631 g/mol. The van der Waals surface area contributed by atoms with Gasteiger partial charge in [-0.15, -0.1) is 10.2 Å². The van der Waals surface area contributed by atoms with E-state index in [0.717, 1.165) is 53.0 Å². The van der Waals surface area contributed by atoms with Crippen molar-refractivity contribution in [1.82, 2.24) is 54.5 Å². The van der Waals surface area contributed by atoms with Crippen LogP contribution in [0.5, 0.6) is 0 Å². The molecule has 2 aromatic carbocycles. The fourth-order valence-corrected chi connectivity index (χ4v) is 6.82. The molecule has 1 N–H and O–H groups in total. The number of aromatic nitrogens is 11. The van der Waals surface area contributed by atoms with Crippen LogP contribution >= 0.6 is 0 Å². The summed E-state index contributed by atoms with van der Waals surface area (Å²) in [5, 5.41) is 22.4. The third-order valence-electron chi connectivity index (χ3n) is 8.90. The summed E-state index contributed by atoms with van der Waals surface area (Å²) in [6.07, 6.45) is 4.44.